The molecule has 0 amide bonds. The van der Waals surface area contributed by atoms with E-state index in [1.54, 1.807) is 0 Å². The maximum Gasteiger partial charge on any atom is 0.323 e. The van der Waals surface area contributed by atoms with Crippen molar-refractivity contribution in [1.29, 1.82) is 0 Å². The zero-order valence-corrected chi connectivity index (χ0v) is 7.33. The largest absolute Gasteiger partial charge is 0.468 e. The van der Waals surface area contributed by atoms with Gasteiger partial charge in [-0.1, -0.05) is 6.92 Å². The zero-order valence-electron chi connectivity index (χ0n) is 7.33. The molecule has 0 aromatic carbocycles. The summed E-state index contributed by atoms with van der Waals surface area (Å²) in [5, 5.41) is 0. The highest BCUT2D eigenvalue weighted by Gasteiger charge is 2.32. The second-order valence-corrected chi connectivity index (χ2v) is 3.32. The Morgan fingerprint density at radius 2 is 2.27 bits per heavy atom. The average molecular weight is 157 g/mol. The van der Waals surface area contributed by atoms with Gasteiger partial charge >= 0.3 is 5.97 Å². The Bertz CT molecular complexity index is 158. The van der Waals surface area contributed by atoms with E-state index in [2.05, 4.69) is 16.6 Å². The summed E-state index contributed by atoms with van der Waals surface area (Å²) in [5.74, 6) is 0.515. The molecule has 1 fully saturated rings. The molecule has 1 aliphatic heterocycles. The number of likely N-dealkylation sites (N-methyl/N-ethyl adjacent to an activating group) is 1. The van der Waals surface area contributed by atoms with Crippen molar-refractivity contribution >= 4 is 5.97 Å². The van der Waals surface area contributed by atoms with Gasteiger partial charge in [0.2, 0.25) is 0 Å². The van der Waals surface area contributed by atoms with E-state index in [9.17, 15) is 4.79 Å². The second kappa shape index (κ2) is 3.22. The van der Waals surface area contributed by atoms with Crippen LogP contribution in [0.5, 0.6) is 0 Å². The van der Waals surface area contributed by atoms with Crippen molar-refractivity contribution in [1.82, 2.24) is 4.90 Å². The summed E-state index contributed by atoms with van der Waals surface area (Å²) in [5.41, 5.74) is 0. The lowest BCUT2D eigenvalue weighted by Crippen LogP contribution is -2.33. The Labute approximate surface area is 67.3 Å². The van der Waals surface area contributed by atoms with Gasteiger partial charge in [0.05, 0.1) is 7.11 Å². The van der Waals surface area contributed by atoms with Crippen molar-refractivity contribution in [3.05, 3.63) is 0 Å². The van der Waals surface area contributed by atoms with E-state index in [0.29, 0.717) is 5.92 Å². The summed E-state index contributed by atoms with van der Waals surface area (Å²) in [7, 11) is 3.41. The number of methoxy groups -OCH3 is 1. The quantitative estimate of drug-likeness (QED) is 0.519. The molecule has 11 heavy (non-hydrogen) atoms. The number of ether oxygens (including phenoxy) is 1. The van der Waals surface area contributed by atoms with Gasteiger partial charge in [0, 0.05) is 6.54 Å². The van der Waals surface area contributed by atoms with E-state index in [-0.39, 0.29) is 12.0 Å². The van der Waals surface area contributed by atoms with Gasteiger partial charge in [0.1, 0.15) is 6.04 Å². The molecule has 1 aliphatic rings. The number of nitrogens with zero attached hydrogens (tertiary/aromatic N) is 1. The van der Waals surface area contributed by atoms with Gasteiger partial charge in [-0.05, 0) is 19.4 Å². The van der Waals surface area contributed by atoms with E-state index in [1.807, 2.05) is 7.05 Å². The standard InChI is InChI=1S/C8H15NO2/c1-6-4-7(8(10)11-3)9(2)5-6/h6-7H,4-5H2,1-3H3/t6-,7-/m1/s1. The third-order valence-corrected chi connectivity index (χ3v) is 2.23. The predicted octanol–water partition coefficient (Wildman–Crippen LogP) is 0.500. The summed E-state index contributed by atoms with van der Waals surface area (Å²) in [6.45, 7) is 3.15. The van der Waals surface area contributed by atoms with Gasteiger partial charge in [0.25, 0.3) is 0 Å². The first kappa shape index (κ1) is 8.53. The molecule has 3 nitrogen and oxygen atoms in total. The molecule has 3 heteroatoms. The van der Waals surface area contributed by atoms with Crippen LogP contribution in [-0.2, 0) is 9.53 Å². The van der Waals surface area contributed by atoms with E-state index in [4.69, 9.17) is 0 Å². The van der Waals surface area contributed by atoms with Crippen LogP contribution in [0.2, 0.25) is 0 Å². The van der Waals surface area contributed by atoms with Crippen LogP contribution in [-0.4, -0.2) is 37.6 Å². The first-order valence-corrected chi connectivity index (χ1v) is 3.93. The van der Waals surface area contributed by atoms with Gasteiger partial charge in [-0.3, -0.25) is 9.69 Å². The third kappa shape index (κ3) is 1.71. The minimum Gasteiger partial charge on any atom is -0.468 e. The molecule has 0 aliphatic carbocycles. The van der Waals surface area contributed by atoms with E-state index in [1.165, 1.54) is 7.11 Å². The zero-order chi connectivity index (χ0) is 8.43. The molecule has 0 aromatic heterocycles. The van der Waals surface area contributed by atoms with Crippen molar-refractivity contribution in [2.45, 2.75) is 19.4 Å². The molecular weight excluding hydrogens is 142 g/mol. The highest BCUT2D eigenvalue weighted by atomic mass is 16.5. The highest BCUT2D eigenvalue weighted by molar-refractivity contribution is 5.75. The minimum absolute atomic E-state index is 0.00463. The summed E-state index contributed by atoms with van der Waals surface area (Å²) >= 11 is 0. The van der Waals surface area contributed by atoms with E-state index >= 15 is 0 Å². The monoisotopic (exact) mass is 157 g/mol. The third-order valence-electron chi connectivity index (χ3n) is 2.23. The van der Waals surface area contributed by atoms with Crippen LogP contribution in [0.1, 0.15) is 13.3 Å². The lowest BCUT2D eigenvalue weighted by atomic mass is 10.1. The summed E-state index contributed by atoms with van der Waals surface area (Å²) in [4.78, 5) is 13.2. The molecule has 0 saturated carbocycles. The van der Waals surface area contributed by atoms with Gasteiger partial charge in [0.15, 0.2) is 0 Å². The average Bonchev–Trinajstić information content (AvgIpc) is 2.28. The molecule has 0 N–H and O–H groups in total. The number of hydrogen-bond donors (Lipinski definition) is 0. The first-order valence-electron chi connectivity index (χ1n) is 3.93. The van der Waals surface area contributed by atoms with Gasteiger partial charge < -0.3 is 4.74 Å². The van der Waals surface area contributed by atoms with Gasteiger partial charge in [-0.2, -0.15) is 0 Å². The van der Waals surface area contributed by atoms with Crippen LogP contribution in [0.3, 0.4) is 0 Å². The molecular formula is C8H15NO2. The minimum atomic E-state index is -0.100. The lowest BCUT2D eigenvalue weighted by molar-refractivity contribution is -0.145. The van der Waals surface area contributed by atoms with Gasteiger partial charge in [-0.25, -0.2) is 0 Å². The van der Waals surface area contributed by atoms with Crippen LogP contribution in [0.25, 0.3) is 0 Å². The van der Waals surface area contributed by atoms with Crippen LogP contribution in [0.4, 0.5) is 0 Å². The predicted molar refractivity (Wildman–Crippen MR) is 42.2 cm³/mol. The fourth-order valence-corrected chi connectivity index (χ4v) is 1.67. The Morgan fingerprint density at radius 3 is 2.64 bits per heavy atom. The molecule has 2 atom stereocenters. The normalized spacial score (nSPS) is 32.3. The number of rotatable bonds is 1. The van der Waals surface area contributed by atoms with Crippen LogP contribution in [0.15, 0.2) is 0 Å². The van der Waals surface area contributed by atoms with Crippen molar-refractivity contribution in [2.75, 3.05) is 20.7 Å². The fourth-order valence-electron chi connectivity index (χ4n) is 1.67. The van der Waals surface area contributed by atoms with Crippen molar-refractivity contribution < 1.29 is 9.53 Å². The summed E-state index contributed by atoms with van der Waals surface area (Å²) < 4.78 is 4.67. The topological polar surface area (TPSA) is 29.5 Å². The van der Waals surface area contributed by atoms with E-state index in [0.717, 1.165) is 13.0 Å². The first-order chi connectivity index (χ1) is 5.15. The molecule has 0 radical (unpaired) electrons. The second-order valence-electron chi connectivity index (χ2n) is 3.32. The molecule has 0 bridgehead atoms. The van der Waals surface area contributed by atoms with E-state index < -0.39 is 0 Å². The lowest BCUT2D eigenvalue weighted by Gasteiger charge is -2.15. The van der Waals surface area contributed by atoms with Crippen molar-refractivity contribution in [2.24, 2.45) is 5.92 Å². The number of hydrogen-bond acceptors (Lipinski definition) is 3. The molecule has 1 rings (SSSR count). The van der Waals surface area contributed by atoms with Crippen LogP contribution in [0, 0.1) is 5.92 Å². The molecule has 1 saturated heterocycles. The summed E-state index contributed by atoms with van der Waals surface area (Å²) in [6, 6.07) is -0.00463. The highest BCUT2D eigenvalue weighted by Crippen LogP contribution is 2.21. The Balaban J connectivity index is 2.52. The fraction of sp³-hybridized carbons (Fsp3) is 0.875. The van der Waals surface area contributed by atoms with Crippen LogP contribution < -0.4 is 0 Å². The maximum absolute atomic E-state index is 11.1. The number of carbonyl (C=O) groups excluding carboxylic acids is 1. The molecule has 0 unspecified atom stereocenters. The SMILES string of the molecule is COC(=O)[C@H]1C[C@@H](C)CN1C. The molecule has 64 valence electrons. The maximum atomic E-state index is 11.1. The Kier molecular flexibility index (Phi) is 2.49. The van der Waals surface area contributed by atoms with Crippen molar-refractivity contribution in [3.8, 4) is 0 Å². The number of esters is 1. The summed E-state index contributed by atoms with van der Waals surface area (Å²) in [6.07, 6.45) is 0.934. The molecule has 0 spiro atoms. The van der Waals surface area contributed by atoms with Crippen molar-refractivity contribution in [3.63, 3.8) is 0 Å². The van der Waals surface area contributed by atoms with Gasteiger partial charge in [-0.15, -0.1) is 0 Å². The molecule has 1 heterocycles. The number of carbonyl (C=O) groups is 1. The Morgan fingerprint density at radius 1 is 1.64 bits per heavy atom. The number of likely N-dealkylation sites (tertiary alicyclic amines) is 1. The smallest absolute Gasteiger partial charge is 0.323 e. The molecule has 0 aromatic rings. The van der Waals surface area contributed by atoms with Crippen LogP contribution >= 0.6 is 0 Å². The Hall–Kier alpha value is -0.570.